The van der Waals surface area contributed by atoms with Crippen molar-refractivity contribution in [1.29, 1.82) is 0 Å². The average molecular weight is 1890 g/mol. The Hall–Kier alpha value is -15.4. The van der Waals surface area contributed by atoms with Crippen LogP contribution in [0.25, 0.3) is 146 Å². The fourth-order valence-electron chi connectivity index (χ4n) is 21.7. The maximum absolute atomic E-state index is 5.46. The molecule has 0 N–H and O–H groups in total. The molecule has 26 rings (SSSR count). The van der Waals surface area contributed by atoms with E-state index in [4.69, 9.17) is 19.7 Å². The van der Waals surface area contributed by atoms with Crippen LogP contribution < -0.4 is 29.2 Å². The van der Waals surface area contributed by atoms with Crippen molar-refractivity contribution in [3.05, 3.63) is 409 Å². The lowest BCUT2D eigenvalue weighted by Gasteiger charge is -2.37. The minimum absolute atomic E-state index is 0.851. The molecule has 0 bridgehead atoms. The van der Waals surface area contributed by atoms with Crippen molar-refractivity contribution >= 4 is 149 Å². The van der Waals surface area contributed by atoms with Crippen molar-refractivity contribution in [2.45, 2.75) is 91.9 Å². The van der Waals surface area contributed by atoms with Gasteiger partial charge in [-0.25, -0.2) is 15.0 Å². The third-order valence-electron chi connectivity index (χ3n) is 28.7. The van der Waals surface area contributed by atoms with Crippen LogP contribution in [0.2, 0.25) is 0 Å². The molecular weight excluding hydrogens is 1780 g/mol. The van der Waals surface area contributed by atoms with Gasteiger partial charge in [0.1, 0.15) is 20.8 Å². The largest absolute Gasteiger partial charge is 0.497 e. The predicted molar refractivity (Wildman–Crippen MR) is 598 cm³/mol. The van der Waals surface area contributed by atoms with Crippen LogP contribution in [0.15, 0.2) is 376 Å². The van der Waals surface area contributed by atoms with Crippen LogP contribution in [0.5, 0.6) is 5.75 Å². The first-order valence-electron chi connectivity index (χ1n) is 49.8. The topological polar surface area (TPSA) is 78.9 Å². The minimum Gasteiger partial charge on any atom is -0.497 e. The highest BCUT2D eigenvalue weighted by molar-refractivity contribution is 7.22. The Kier molecular flexibility index (Phi) is 24.1. The molecule has 0 unspecified atom stereocenters. The number of nitrogens with zero attached hydrogens (tertiary/aromatic N) is 11. The lowest BCUT2D eigenvalue weighted by Crippen LogP contribution is -2.34. The van der Waals surface area contributed by atoms with E-state index in [2.05, 4.69) is 430 Å². The Balaban J connectivity index is 0.000000116. The summed E-state index contributed by atoms with van der Waals surface area (Å²) in [5.41, 5.74) is 39.7. The zero-order valence-electron chi connectivity index (χ0n) is 80.2. The second-order valence-electron chi connectivity index (χ2n) is 38.0. The molecule has 0 aliphatic carbocycles. The van der Waals surface area contributed by atoms with E-state index in [-0.39, 0.29) is 0 Å². The van der Waals surface area contributed by atoms with E-state index in [1.807, 2.05) is 12.1 Å². The maximum atomic E-state index is 5.46. The number of ether oxygens (including phenoxy) is 1. The number of para-hydroxylation sites is 6. The summed E-state index contributed by atoms with van der Waals surface area (Å²) in [6, 6.07) is 137. The smallest absolute Gasteiger partial charge is 0.127 e. The van der Waals surface area contributed by atoms with Gasteiger partial charge in [0.25, 0.3) is 0 Å². The van der Waals surface area contributed by atoms with E-state index >= 15 is 0 Å². The van der Waals surface area contributed by atoms with Crippen LogP contribution in [0.4, 0.5) is 51.2 Å². The molecule has 141 heavy (non-hydrogen) atoms. The van der Waals surface area contributed by atoms with Crippen molar-refractivity contribution in [1.82, 2.24) is 28.7 Å². The molecule has 4 aliphatic rings. The average Bonchev–Trinajstić information content (AvgIpc) is 1.56. The van der Waals surface area contributed by atoms with E-state index in [1.165, 1.54) is 212 Å². The van der Waals surface area contributed by atoms with Crippen molar-refractivity contribution < 1.29 is 4.74 Å². The molecule has 692 valence electrons. The number of hydrogen-bond donors (Lipinski definition) is 0. The van der Waals surface area contributed by atoms with Gasteiger partial charge in [0.15, 0.2) is 0 Å². The Morgan fingerprint density at radius 2 is 0.539 bits per heavy atom. The summed E-state index contributed by atoms with van der Waals surface area (Å²) >= 11 is 5.33. The fraction of sp³-hybridized carbons (Fsp3) is 0.167. The van der Waals surface area contributed by atoms with E-state index in [9.17, 15) is 0 Å². The highest BCUT2D eigenvalue weighted by Gasteiger charge is 2.32. The number of methoxy groups -OCH3 is 1. The quantitative estimate of drug-likeness (QED) is 0.0835. The molecular formula is C126H109N11OS3. The van der Waals surface area contributed by atoms with Gasteiger partial charge in [0, 0.05) is 140 Å². The minimum atomic E-state index is 0.851. The second kappa shape index (κ2) is 38.4. The molecule has 4 aliphatic heterocycles. The van der Waals surface area contributed by atoms with Gasteiger partial charge in [0.2, 0.25) is 0 Å². The third kappa shape index (κ3) is 17.1. The number of hydrogen-bond acceptors (Lipinski definition) is 12. The summed E-state index contributed by atoms with van der Waals surface area (Å²) in [6.45, 7) is 15.4. The van der Waals surface area contributed by atoms with Crippen LogP contribution >= 0.6 is 34.0 Å². The third-order valence-corrected chi connectivity index (χ3v) is 31.9. The van der Waals surface area contributed by atoms with Crippen molar-refractivity contribution in [2.75, 3.05) is 70.9 Å². The molecule has 15 heteroatoms. The van der Waals surface area contributed by atoms with Crippen molar-refractivity contribution in [3.8, 4) is 88.3 Å². The van der Waals surface area contributed by atoms with Crippen LogP contribution in [-0.4, -0.2) is 75.0 Å². The normalized spacial score (nSPS) is 13.6. The van der Waals surface area contributed by atoms with Gasteiger partial charge in [-0.1, -0.05) is 186 Å². The molecule has 0 saturated carbocycles. The van der Waals surface area contributed by atoms with Gasteiger partial charge < -0.3 is 42.9 Å². The first-order valence-corrected chi connectivity index (χ1v) is 52.3. The molecule has 2 fully saturated rings. The summed E-state index contributed by atoms with van der Waals surface area (Å²) in [5.74, 6) is 0.851. The SMILES string of the molecule is COc1ccc(-n2c(-c3ccc(N4CCCCC4)cc3)c(-c3nc4ccccc4s3)c3ccccc32)cc1.Cc1ccc(N(c2ccc(C)cc2)c2ccc(-n3c(-c4cc5c6c(c4)CCCN6CCC5)c(-c4nc5ccccc5s4)c4ccccc43)cc2)cc1.Cc1ccc(N(c2ccc(C)cc2)c2ccc(-n3c(-c4ccc(N5CCCCC5)cc4)c(-c4nc5ccccc5s4)c4ccccc43)cc2)cc1. The van der Waals surface area contributed by atoms with Crippen LogP contribution in [0.3, 0.4) is 0 Å². The molecule has 16 aromatic carbocycles. The highest BCUT2D eigenvalue weighted by atomic mass is 32.1. The molecule has 0 atom stereocenters. The second-order valence-corrected chi connectivity index (χ2v) is 41.1. The molecule has 0 amide bonds. The molecule has 22 aromatic rings. The van der Waals surface area contributed by atoms with E-state index in [1.54, 1.807) is 41.1 Å². The zero-order chi connectivity index (χ0) is 94.5. The number of aromatic nitrogens is 6. The highest BCUT2D eigenvalue weighted by Crippen LogP contribution is 2.53. The number of piperidine rings is 2. The fourth-order valence-corrected chi connectivity index (χ4v) is 24.8. The molecule has 6 aromatic heterocycles. The Morgan fingerprint density at radius 1 is 0.262 bits per heavy atom. The van der Waals surface area contributed by atoms with Gasteiger partial charge in [-0.3, -0.25) is 0 Å². The van der Waals surface area contributed by atoms with Gasteiger partial charge in [0.05, 0.1) is 71.4 Å². The van der Waals surface area contributed by atoms with E-state index in [0.29, 0.717) is 0 Å². The Morgan fingerprint density at radius 3 is 0.858 bits per heavy atom. The lowest BCUT2D eigenvalue weighted by molar-refractivity contribution is 0.415. The molecule has 0 radical (unpaired) electrons. The predicted octanol–water partition coefficient (Wildman–Crippen LogP) is 33.6. The number of anilines is 9. The maximum Gasteiger partial charge on any atom is 0.127 e. The van der Waals surface area contributed by atoms with Gasteiger partial charge >= 0.3 is 0 Å². The number of thiazole rings is 3. The molecule has 12 nitrogen and oxygen atoms in total. The summed E-state index contributed by atoms with van der Waals surface area (Å²) in [5, 5.41) is 6.80. The lowest BCUT2D eigenvalue weighted by atomic mass is 9.89. The van der Waals surface area contributed by atoms with Gasteiger partial charge in [-0.15, -0.1) is 34.0 Å². The summed E-state index contributed by atoms with van der Waals surface area (Å²) in [6.07, 6.45) is 12.4. The molecule has 10 heterocycles. The van der Waals surface area contributed by atoms with E-state index < -0.39 is 0 Å². The van der Waals surface area contributed by atoms with Crippen LogP contribution in [0, 0.1) is 27.7 Å². The molecule has 0 spiro atoms. The summed E-state index contributed by atoms with van der Waals surface area (Å²) in [4.78, 5) is 28.0. The van der Waals surface area contributed by atoms with Crippen LogP contribution in [-0.2, 0) is 12.8 Å². The van der Waals surface area contributed by atoms with Gasteiger partial charge in [-0.05, 0) is 332 Å². The standard InChI is InChI=1S/C47H40N4S.C46H40N4S.C33H29N3OS/c1-31-15-19-36(20-16-31)50(37-21-17-32(2)18-22-37)38-23-25-39(26-24-38)51-42-13-5-3-11-40(42)44(47-48-41-12-4-6-14-43(41)52-47)46(51)35-29-33-9-7-27-49-28-8-10-34(30-35)45(33)49;1-32-14-20-36(21-15-32)49(37-22-16-33(2)17-23-37)38-26-28-39(29-27-38)50-42-12-6-4-10-40(42)44(46-47-41-11-5-7-13-43(41)51-46)45(50)34-18-24-35(25-19-34)48-30-8-3-9-31-48;1-37-26-19-17-25(18-20-26)36-29-11-5-3-9-27(29)31(33-34-28-10-4-6-12-30(28)38-33)32(36)23-13-15-24(16-14-23)35-21-7-2-8-22-35/h3-6,11-26,29-30H,7-10,27-28H2,1-2H3;4-7,10-29H,3,8-9,30-31H2,1-2H3;3-6,9-20H,2,7-8,21-22H2,1H3. The van der Waals surface area contributed by atoms with Gasteiger partial charge in [-0.2, -0.15) is 0 Å². The summed E-state index contributed by atoms with van der Waals surface area (Å²) in [7, 11) is 1.71. The van der Waals surface area contributed by atoms with E-state index in [0.717, 1.165) is 128 Å². The Bertz CT molecular complexity index is 8080. The number of benzene rings is 16. The monoisotopic (exact) mass is 1890 g/mol. The number of fused-ring (bicyclic) bond motifs is 6. The first kappa shape index (κ1) is 88.3. The number of aryl methyl sites for hydroxylation is 6. The zero-order valence-corrected chi connectivity index (χ0v) is 82.6. The Labute approximate surface area is 836 Å². The van der Waals surface area contributed by atoms with Crippen molar-refractivity contribution in [2.24, 2.45) is 0 Å². The first-order chi connectivity index (χ1) is 69.5. The van der Waals surface area contributed by atoms with Crippen LogP contribution in [0.1, 0.15) is 84.7 Å². The number of rotatable bonds is 18. The summed E-state index contributed by atoms with van der Waals surface area (Å²) < 4.78 is 16.4. The van der Waals surface area contributed by atoms with Crippen molar-refractivity contribution in [3.63, 3.8) is 0 Å². The molecule has 2 saturated heterocycles.